The highest BCUT2D eigenvalue weighted by Gasteiger charge is 2.27. The standard InChI is InChI=1S/C14H19F3N2/c1-19(10-4-2-3-5-10)13(8-18)9-6-11(15)14(17)12(16)7-9/h6-7,10,13H,2-5,8,18H2,1H3. The van der Waals surface area contributed by atoms with Crippen molar-refractivity contribution in [2.75, 3.05) is 13.6 Å². The summed E-state index contributed by atoms with van der Waals surface area (Å²) in [4.78, 5) is 2.05. The van der Waals surface area contributed by atoms with Crippen LogP contribution in [0, 0.1) is 17.5 Å². The van der Waals surface area contributed by atoms with Crippen LogP contribution in [0.1, 0.15) is 37.3 Å². The van der Waals surface area contributed by atoms with Crippen molar-refractivity contribution in [3.05, 3.63) is 35.1 Å². The third kappa shape index (κ3) is 2.92. The van der Waals surface area contributed by atoms with Crippen molar-refractivity contribution in [1.82, 2.24) is 4.90 Å². The molecule has 0 radical (unpaired) electrons. The Kier molecular flexibility index (Phi) is 4.47. The quantitative estimate of drug-likeness (QED) is 0.854. The molecule has 1 atom stereocenters. The molecule has 1 saturated carbocycles. The minimum atomic E-state index is -1.43. The van der Waals surface area contributed by atoms with Gasteiger partial charge >= 0.3 is 0 Å². The van der Waals surface area contributed by atoms with Crippen LogP contribution < -0.4 is 5.73 Å². The predicted molar refractivity (Wildman–Crippen MR) is 68.1 cm³/mol. The third-order valence-corrected chi connectivity index (χ3v) is 4.01. The number of rotatable bonds is 4. The number of hydrogen-bond donors (Lipinski definition) is 1. The van der Waals surface area contributed by atoms with E-state index in [1.54, 1.807) is 0 Å². The van der Waals surface area contributed by atoms with Crippen molar-refractivity contribution in [3.8, 4) is 0 Å². The minimum Gasteiger partial charge on any atom is -0.329 e. The fraction of sp³-hybridized carbons (Fsp3) is 0.571. The lowest BCUT2D eigenvalue weighted by molar-refractivity contribution is 0.178. The van der Waals surface area contributed by atoms with Gasteiger partial charge in [-0.05, 0) is 37.6 Å². The van der Waals surface area contributed by atoms with E-state index in [2.05, 4.69) is 4.90 Å². The second-order valence-corrected chi connectivity index (χ2v) is 5.15. The van der Waals surface area contributed by atoms with E-state index in [-0.39, 0.29) is 12.6 Å². The van der Waals surface area contributed by atoms with Gasteiger partial charge in [0.25, 0.3) is 0 Å². The average Bonchev–Trinajstić information content (AvgIpc) is 2.90. The molecule has 0 amide bonds. The minimum absolute atomic E-state index is 0.248. The van der Waals surface area contributed by atoms with Gasteiger partial charge in [0.05, 0.1) is 0 Å². The van der Waals surface area contributed by atoms with Crippen molar-refractivity contribution in [3.63, 3.8) is 0 Å². The number of benzene rings is 1. The van der Waals surface area contributed by atoms with Crippen LogP contribution in [0.25, 0.3) is 0 Å². The Hall–Kier alpha value is -1.07. The molecule has 106 valence electrons. The zero-order valence-electron chi connectivity index (χ0n) is 11.0. The van der Waals surface area contributed by atoms with Crippen molar-refractivity contribution in [2.45, 2.75) is 37.8 Å². The molecule has 1 unspecified atom stereocenters. The monoisotopic (exact) mass is 272 g/mol. The van der Waals surface area contributed by atoms with Crippen LogP contribution in [0.4, 0.5) is 13.2 Å². The fourth-order valence-corrected chi connectivity index (χ4v) is 2.87. The number of likely N-dealkylation sites (N-methyl/N-ethyl adjacent to an activating group) is 1. The summed E-state index contributed by atoms with van der Waals surface area (Å²) < 4.78 is 39.6. The molecule has 0 spiro atoms. The average molecular weight is 272 g/mol. The summed E-state index contributed by atoms with van der Waals surface area (Å²) in [5.74, 6) is -3.75. The van der Waals surface area contributed by atoms with Crippen LogP contribution in [0.15, 0.2) is 12.1 Å². The highest BCUT2D eigenvalue weighted by molar-refractivity contribution is 5.23. The van der Waals surface area contributed by atoms with Gasteiger partial charge in [-0.3, -0.25) is 4.90 Å². The van der Waals surface area contributed by atoms with Gasteiger partial charge in [-0.15, -0.1) is 0 Å². The molecule has 0 saturated heterocycles. The summed E-state index contributed by atoms with van der Waals surface area (Å²) in [5.41, 5.74) is 6.13. The third-order valence-electron chi connectivity index (χ3n) is 4.01. The van der Waals surface area contributed by atoms with Crippen LogP contribution in [0.2, 0.25) is 0 Å². The highest BCUT2D eigenvalue weighted by Crippen LogP contribution is 2.30. The van der Waals surface area contributed by atoms with Crippen LogP contribution in [0.5, 0.6) is 0 Å². The lowest BCUT2D eigenvalue weighted by Gasteiger charge is -2.32. The van der Waals surface area contributed by atoms with Gasteiger partial charge < -0.3 is 5.73 Å². The Labute approximate surface area is 111 Å². The van der Waals surface area contributed by atoms with Gasteiger partial charge in [-0.1, -0.05) is 12.8 Å². The van der Waals surface area contributed by atoms with Gasteiger partial charge in [-0.2, -0.15) is 0 Å². The molecule has 19 heavy (non-hydrogen) atoms. The molecule has 0 aromatic heterocycles. The van der Waals surface area contributed by atoms with Gasteiger partial charge in [-0.25, -0.2) is 13.2 Å². The van der Waals surface area contributed by atoms with Crippen LogP contribution >= 0.6 is 0 Å². The SMILES string of the molecule is CN(C1CCCC1)C(CN)c1cc(F)c(F)c(F)c1. The lowest BCUT2D eigenvalue weighted by atomic mass is 10.0. The molecule has 1 aromatic rings. The summed E-state index contributed by atoms with van der Waals surface area (Å²) in [6, 6.07) is 2.18. The number of halogens is 3. The van der Waals surface area contributed by atoms with Gasteiger partial charge in [0.2, 0.25) is 0 Å². The van der Waals surface area contributed by atoms with Gasteiger partial charge in [0, 0.05) is 18.6 Å². The topological polar surface area (TPSA) is 29.3 Å². The van der Waals surface area contributed by atoms with Crippen LogP contribution in [-0.2, 0) is 0 Å². The molecule has 5 heteroatoms. The molecular formula is C14H19F3N2. The first kappa shape index (κ1) is 14.3. The second-order valence-electron chi connectivity index (χ2n) is 5.15. The molecule has 2 N–H and O–H groups in total. The van der Waals surface area contributed by atoms with E-state index in [0.29, 0.717) is 11.6 Å². The van der Waals surface area contributed by atoms with Crippen molar-refractivity contribution >= 4 is 0 Å². The zero-order chi connectivity index (χ0) is 14.0. The summed E-state index contributed by atoms with van der Waals surface area (Å²) in [7, 11) is 1.91. The Bertz CT molecular complexity index is 421. The summed E-state index contributed by atoms with van der Waals surface area (Å²) in [5, 5.41) is 0. The van der Waals surface area contributed by atoms with Crippen molar-refractivity contribution in [1.29, 1.82) is 0 Å². The Balaban J connectivity index is 2.25. The van der Waals surface area contributed by atoms with E-state index in [9.17, 15) is 13.2 Å². The van der Waals surface area contributed by atoms with Gasteiger partial charge in [0.1, 0.15) is 0 Å². The van der Waals surface area contributed by atoms with Gasteiger partial charge in [0.15, 0.2) is 17.5 Å². The highest BCUT2D eigenvalue weighted by atomic mass is 19.2. The maximum Gasteiger partial charge on any atom is 0.194 e. The van der Waals surface area contributed by atoms with E-state index < -0.39 is 17.5 Å². The van der Waals surface area contributed by atoms with E-state index in [4.69, 9.17) is 5.73 Å². The van der Waals surface area contributed by atoms with E-state index in [1.807, 2.05) is 7.05 Å². The number of hydrogen-bond acceptors (Lipinski definition) is 2. The Morgan fingerprint density at radius 3 is 2.21 bits per heavy atom. The number of nitrogens with zero attached hydrogens (tertiary/aromatic N) is 1. The normalized spacial score (nSPS) is 18.2. The van der Waals surface area contributed by atoms with Crippen LogP contribution in [0.3, 0.4) is 0 Å². The second kappa shape index (κ2) is 5.92. The van der Waals surface area contributed by atoms with E-state index in [0.717, 1.165) is 25.0 Å². The van der Waals surface area contributed by atoms with Crippen molar-refractivity contribution < 1.29 is 13.2 Å². The fourth-order valence-electron chi connectivity index (χ4n) is 2.87. The number of nitrogens with two attached hydrogens (primary N) is 1. The molecule has 0 bridgehead atoms. The van der Waals surface area contributed by atoms with E-state index >= 15 is 0 Å². The molecule has 1 fully saturated rings. The molecular weight excluding hydrogens is 253 g/mol. The molecule has 1 aromatic carbocycles. The summed E-state index contributed by atoms with van der Waals surface area (Å²) in [6.45, 7) is 0.248. The van der Waals surface area contributed by atoms with E-state index in [1.165, 1.54) is 12.8 Å². The maximum atomic E-state index is 13.3. The predicted octanol–water partition coefficient (Wildman–Crippen LogP) is 2.98. The molecule has 0 aliphatic heterocycles. The smallest absolute Gasteiger partial charge is 0.194 e. The molecule has 2 rings (SSSR count). The van der Waals surface area contributed by atoms with Crippen molar-refractivity contribution in [2.24, 2.45) is 5.73 Å². The first-order chi connectivity index (χ1) is 9.04. The lowest BCUT2D eigenvalue weighted by Crippen LogP contribution is -2.37. The maximum absolute atomic E-state index is 13.3. The first-order valence-electron chi connectivity index (χ1n) is 6.61. The zero-order valence-corrected chi connectivity index (χ0v) is 11.0. The largest absolute Gasteiger partial charge is 0.329 e. The summed E-state index contributed by atoms with van der Waals surface area (Å²) in [6.07, 6.45) is 4.47. The first-order valence-corrected chi connectivity index (χ1v) is 6.61. The Morgan fingerprint density at radius 2 is 1.74 bits per heavy atom. The molecule has 1 aliphatic carbocycles. The molecule has 1 aliphatic rings. The molecule has 0 heterocycles. The van der Waals surface area contributed by atoms with Crippen LogP contribution in [-0.4, -0.2) is 24.5 Å². The molecule has 2 nitrogen and oxygen atoms in total. The summed E-state index contributed by atoms with van der Waals surface area (Å²) >= 11 is 0. The Morgan fingerprint density at radius 1 is 1.21 bits per heavy atom.